The molecule has 5 heteroatoms. The first-order chi connectivity index (χ1) is 8.75. The molecule has 106 valence electrons. The number of hydrogen-bond donors (Lipinski definition) is 2. The van der Waals surface area contributed by atoms with Gasteiger partial charge in [0, 0.05) is 12.6 Å². The van der Waals surface area contributed by atoms with Crippen molar-refractivity contribution in [3.8, 4) is 0 Å². The van der Waals surface area contributed by atoms with Gasteiger partial charge in [0.25, 0.3) is 5.91 Å². The molecule has 0 spiro atoms. The summed E-state index contributed by atoms with van der Waals surface area (Å²) in [6.07, 6.45) is 0.452. The zero-order valence-corrected chi connectivity index (χ0v) is 12.1. The zero-order chi connectivity index (χ0) is 14.6. The fourth-order valence-electron chi connectivity index (χ4n) is 1.76. The van der Waals surface area contributed by atoms with Gasteiger partial charge in [0.05, 0.1) is 10.6 Å². The number of rotatable bonds is 4. The molecule has 0 aliphatic carbocycles. The Morgan fingerprint density at radius 2 is 2.11 bits per heavy atom. The first-order valence-corrected chi connectivity index (χ1v) is 6.50. The predicted octanol–water partition coefficient (Wildman–Crippen LogP) is 3.01. The molecule has 0 radical (unpaired) electrons. The molecule has 2 N–H and O–H groups in total. The maximum Gasteiger partial charge on any atom is 0.253 e. The van der Waals surface area contributed by atoms with Gasteiger partial charge in [0.1, 0.15) is 5.82 Å². The van der Waals surface area contributed by atoms with Crippen LogP contribution in [0.25, 0.3) is 0 Å². The van der Waals surface area contributed by atoms with E-state index in [0.717, 1.165) is 6.07 Å². The number of aliphatic hydroxyl groups excluding tert-OH is 1. The van der Waals surface area contributed by atoms with Crippen LogP contribution in [0, 0.1) is 11.2 Å². The summed E-state index contributed by atoms with van der Waals surface area (Å²) in [6, 6.07) is 3.46. The van der Waals surface area contributed by atoms with Crippen LogP contribution >= 0.6 is 11.6 Å². The SMILES string of the molecule is CC(C)(C)[C@H](CCO)NC(=O)c1ccc(F)cc1Cl. The van der Waals surface area contributed by atoms with Gasteiger partial charge in [-0.25, -0.2) is 4.39 Å². The Labute approximate surface area is 117 Å². The first-order valence-electron chi connectivity index (χ1n) is 6.12. The number of carbonyl (C=O) groups is 1. The molecule has 1 aromatic carbocycles. The minimum absolute atomic E-state index is 0.0145. The van der Waals surface area contributed by atoms with Crippen molar-refractivity contribution in [2.75, 3.05) is 6.61 Å². The monoisotopic (exact) mass is 287 g/mol. The zero-order valence-electron chi connectivity index (χ0n) is 11.3. The third-order valence-corrected chi connectivity index (χ3v) is 3.26. The molecule has 0 saturated carbocycles. The van der Waals surface area contributed by atoms with E-state index in [1.807, 2.05) is 20.8 Å². The summed E-state index contributed by atoms with van der Waals surface area (Å²) in [6.45, 7) is 5.90. The molecule has 0 saturated heterocycles. The van der Waals surface area contributed by atoms with Crippen LogP contribution in [-0.2, 0) is 0 Å². The van der Waals surface area contributed by atoms with E-state index in [-0.39, 0.29) is 34.6 Å². The lowest BCUT2D eigenvalue weighted by atomic mass is 9.85. The lowest BCUT2D eigenvalue weighted by Gasteiger charge is -2.31. The van der Waals surface area contributed by atoms with Crippen molar-refractivity contribution in [1.82, 2.24) is 5.32 Å². The third-order valence-electron chi connectivity index (χ3n) is 2.94. The van der Waals surface area contributed by atoms with Crippen LogP contribution in [0.2, 0.25) is 5.02 Å². The Kier molecular flexibility index (Phi) is 5.32. The molecule has 1 amide bonds. The normalized spacial score (nSPS) is 13.2. The number of halogens is 2. The largest absolute Gasteiger partial charge is 0.396 e. The maximum atomic E-state index is 12.9. The Bertz CT molecular complexity index is 457. The minimum Gasteiger partial charge on any atom is -0.396 e. The average Bonchev–Trinajstić information content (AvgIpc) is 2.26. The predicted molar refractivity (Wildman–Crippen MR) is 73.8 cm³/mol. The summed E-state index contributed by atoms with van der Waals surface area (Å²) in [5.41, 5.74) is 0.0421. The van der Waals surface area contributed by atoms with Crippen LogP contribution in [0.5, 0.6) is 0 Å². The van der Waals surface area contributed by atoms with Crippen molar-refractivity contribution in [2.24, 2.45) is 5.41 Å². The van der Waals surface area contributed by atoms with Gasteiger partial charge in [-0.05, 0) is 30.0 Å². The number of benzene rings is 1. The standard InChI is InChI=1S/C14H19ClFNO2/c1-14(2,3)12(6-7-18)17-13(19)10-5-4-9(16)8-11(10)15/h4-5,8,12,18H,6-7H2,1-3H3,(H,17,19)/t12-/m0/s1. The van der Waals surface area contributed by atoms with Gasteiger partial charge in [-0.1, -0.05) is 32.4 Å². The summed E-state index contributed by atoms with van der Waals surface area (Å²) >= 11 is 5.85. The van der Waals surface area contributed by atoms with Gasteiger partial charge >= 0.3 is 0 Å². The molecule has 1 rings (SSSR count). The molecule has 0 unspecified atom stereocenters. The number of amides is 1. The van der Waals surface area contributed by atoms with Crippen molar-refractivity contribution in [1.29, 1.82) is 0 Å². The average molecular weight is 288 g/mol. The second-order valence-corrected chi connectivity index (χ2v) is 5.94. The van der Waals surface area contributed by atoms with Crippen LogP contribution < -0.4 is 5.32 Å². The second kappa shape index (κ2) is 6.35. The van der Waals surface area contributed by atoms with Crippen LogP contribution in [0.3, 0.4) is 0 Å². The van der Waals surface area contributed by atoms with Crippen molar-refractivity contribution < 1.29 is 14.3 Å². The number of carbonyl (C=O) groups excluding carboxylic acids is 1. The Morgan fingerprint density at radius 1 is 1.47 bits per heavy atom. The van der Waals surface area contributed by atoms with Crippen molar-refractivity contribution in [3.63, 3.8) is 0 Å². The lowest BCUT2D eigenvalue weighted by Crippen LogP contribution is -2.44. The highest BCUT2D eigenvalue weighted by Gasteiger charge is 2.26. The van der Waals surface area contributed by atoms with Crippen LogP contribution in [0.4, 0.5) is 4.39 Å². The highest BCUT2D eigenvalue weighted by Crippen LogP contribution is 2.23. The highest BCUT2D eigenvalue weighted by molar-refractivity contribution is 6.33. The van der Waals surface area contributed by atoms with Crippen LogP contribution in [-0.4, -0.2) is 23.7 Å². The van der Waals surface area contributed by atoms with Crippen LogP contribution in [0.1, 0.15) is 37.6 Å². The number of nitrogens with one attached hydrogen (secondary N) is 1. The maximum absolute atomic E-state index is 12.9. The molecule has 0 fully saturated rings. The second-order valence-electron chi connectivity index (χ2n) is 5.53. The quantitative estimate of drug-likeness (QED) is 0.894. The summed E-state index contributed by atoms with van der Waals surface area (Å²) in [5, 5.41) is 12.0. The molecule has 19 heavy (non-hydrogen) atoms. The Morgan fingerprint density at radius 3 is 2.58 bits per heavy atom. The summed E-state index contributed by atoms with van der Waals surface area (Å²) in [7, 11) is 0. The van der Waals surface area contributed by atoms with Gasteiger partial charge in [-0.15, -0.1) is 0 Å². The van der Waals surface area contributed by atoms with Crippen LogP contribution in [0.15, 0.2) is 18.2 Å². The minimum atomic E-state index is -0.482. The van der Waals surface area contributed by atoms with E-state index in [2.05, 4.69) is 5.32 Å². The summed E-state index contributed by atoms with van der Waals surface area (Å²) in [4.78, 5) is 12.1. The molecule has 0 heterocycles. The molecule has 3 nitrogen and oxygen atoms in total. The topological polar surface area (TPSA) is 49.3 Å². The fourth-order valence-corrected chi connectivity index (χ4v) is 2.01. The van der Waals surface area contributed by atoms with Crippen molar-refractivity contribution >= 4 is 17.5 Å². The van der Waals surface area contributed by atoms with Gasteiger partial charge in [0.2, 0.25) is 0 Å². The van der Waals surface area contributed by atoms with Gasteiger partial charge in [-0.3, -0.25) is 4.79 Å². The van der Waals surface area contributed by atoms with Gasteiger partial charge in [0.15, 0.2) is 0 Å². The van der Waals surface area contributed by atoms with E-state index in [0.29, 0.717) is 6.42 Å². The number of aliphatic hydroxyl groups is 1. The molecular weight excluding hydrogens is 269 g/mol. The molecule has 0 aliphatic rings. The van der Waals surface area contributed by atoms with Crippen molar-refractivity contribution in [2.45, 2.75) is 33.2 Å². The van der Waals surface area contributed by atoms with E-state index in [1.165, 1.54) is 12.1 Å². The highest BCUT2D eigenvalue weighted by atomic mass is 35.5. The fraction of sp³-hybridized carbons (Fsp3) is 0.500. The molecule has 1 aromatic rings. The molecule has 0 bridgehead atoms. The van der Waals surface area contributed by atoms with E-state index in [4.69, 9.17) is 16.7 Å². The van der Waals surface area contributed by atoms with Crippen molar-refractivity contribution in [3.05, 3.63) is 34.6 Å². The Balaban J connectivity index is 2.88. The number of hydrogen-bond acceptors (Lipinski definition) is 2. The molecule has 0 aromatic heterocycles. The molecule has 0 aliphatic heterocycles. The van der Waals surface area contributed by atoms with E-state index >= 15 is 0 Å². The summed E-state index contributed by atoms with van der Waals surface area (Å²) < 4.78 is 12.9. The first kappa shape index (κ1) is 15.9. The molecular formula is C14H19ClFNO2. The van der Waals surface area contributed by atoms with E-state index in [1.54, 1.807) is 0 Å². The third kappa shape index (κ3) is 4.48. The molecule has 1 atom stereocenters. The van der Waals surface area contributed by atoms with Gasteiger partial charge in [-0.2, -0.15) is 0 Å². The van der Waals surface area contributed by atoms with E-state index in [9.17, 15) is 9.18 Å². The lowest BCUT2D eigenvalue weighted by molar-refractivity contribution is 0.0885. The summed E-state index contributed by atoms with van der Waals surface area (Å²) in [5.74, 6) is -0.845. The smallest absolute Gasteiger partial charge is 0.253 e. The van der Waals surface area contributed by atoms with E-state index < -0.39 is 5.82 Å². The Hall–Kier alpha value is -1.13. The van der Waals surface area contributed by atoms with Gasteiger partial charge < -0.3 is 10.4 Å².